The lowest BCUT2D eigenvalue weighted by Gasteiger charge is -2.06. The SMILES string of the molecule is CCc1nncn1CCNc1ncc(C)cn1. The molecule has 0 amide bonds. The molecule has 2 aromatic heterocycles. The van der Waals surface area contributed by atoms with Crippen molar-refractivity contribution in [3.05, 3.63) is 30.1 Å². The summed E-state index contributed by atoms with van der Waals surface area (Å²) in [5, 5.41) is 11.1. The molecule has 0 spiro atoms. The zero-order valence-corrected chi connectivity index (χ0v) is 10.1. The Labute approximate surface area is 100 Å². The number of rotatable bonds is 5. The Kier molecular flexibility index (Phi) is 3.64. The van der Waals surface area contributed by atoms with Gasteiger partial charge in [-0.1, -0.05) is 6.92 Å². The van der Waals surface area contributed by atoms with Crippen LogP contribution in [0.4, 0.5) is 5.95 Å². The van der Waals surface area contributed by atoms with Gasteiger partial charge < -0.3 is 9.88 Å². The Bertz CT molecular complexity index is 461. The lowest BCUT2D eigenvalue weighted by atomic mass is 10.4. The number of nitrogens with zero attached hydrogens (tertiary/aromatic N) is 5. The molecule has 6 heteroatoms. The molecule has 0 aliphatic carbocycles. The first kappa shape index (κ1) is 11.5. The van der Waals surface area contributed by atoms with Crippen molar-refractivity contribution in [2.45, 2.75) is 26.8 Å². The number of aryl methyl sites for hydroxylation is 2. The molecule has 0 bridgehead atoms. The van der Waals surface area contributed by atoms with Crippen LogP contribution >= 0.6 is 0 Å². The molecule has 17 heavy (non-hydrogen) atoms. The molecular weight excluding hydrogens is 216 g/mol. The fraction of sp³-hybridized carbons (Fsp3) is 0.455. The summed E-state index contributed by atoms with van der Waals surface area (Å²) in [5.74, 6) is 1.65. The molecule has 0 unspecified atom stereocenters. The van der Waals surface area contributed by atoms with Crippen molar-refractivity contribution in [3.63, 3.8) is 0 Å². The average molecular weight is 232 g/mol. The van der Waals surface area contributed by atoms with Crippen molar-refractivity contribution in [3.8, 4) is 0 Å². The fourth-order valence-electron chi connectivity index (χ4n) is 1.51. The maximum absolute atomic E-state index is 4.18. The number of nitrogens with one attached hydrogen (secondary N) is 1. The van der Waals surface area contributed by atoms with E-state index >= 15 is 0 Å². The fourth-order valence-corrected chi connectivity index (χ4v) is 1.51. The Morgan fingerprint density at radius 1 is 1.29 bits per heavy atom. The molecular formula is C11H16N6. The Hall–Kier alpha value is -1.98. The molecule has 0 fully saturated rings. The number of hydrogen-bond donors (Lipinski definition) is 1. The number of anilines is 1. The van der Waals surface area contributed by atoms with Crippen LogP contribution in [-0.2, 0) is 13.0 Å². The third-order valence-electron chi connectivity index (χ3n) is 2.43. The highest BCUT2D eigenvalue weighted by Crippen LogP contribution is 1.99. The summed E-state index contributed by atoms with van der Waals surface area (Å²) in [5.41, 5.74) is 1.06. The number of aromatic nitrogens is 5. The molecule has 6 nitrogen and oxygen atoms in total. The molecule has 0 aliphatic heterocycles. The van der Waals surface area contributed by atoms with Gasteiger partial charge in [0.15, 0.2) is 0 Å². The number of hydrogen-bond acceptors (Lipinski definition) is 5. The molecule has 90 valence electrons. The quantitative estimate of drug-likeness (QED) is 0.834. The lowest BCUT2D eigenvalue weighted by molar-refractivity contribution is 0.678. The first-order chi connectivity index (χ1) is 8.29. The highest BCUT2D eigenvalue weighted by molar-refractivity contribution is 5.23. The van der Waals surface area contributed by atoms with E-state index in [4.69, 9.17) is 0 Å². The summed E-state index contributed by atoms with van der Waals surface area (Å²) in [6.07, 6.45) is 6.23. The minimum Gasteiger partial charge on any atom is -0.352 e. The molecule has 0 atom stereocenters. The van der Waals surface area contributed by atoms with Gasteiger partial charge in [0.1, 0.15) is 12.2 Å². The standard InChI is InChI=1S/C11H16N6/c1-3-10-16-15-8-17(10)5-4-12-11-13-6-9(2)7-14-11/h6-8H,3-5H2,1-2H3,(H,12,13,14). The first-order valence-electron chi connectivity index (χ1n) is 5.69. The highest BCUT2D eigenvalue weighted by atomic mass is 15.3. The van der Waals surface area contributed by atoms with Gasteiger partial charge in [0.25, 0.3) is 0 Å². The van der Waals surface area contributed by atoms with E-state index in [0.717, 1.165) is 30.9 Å². The van der Waals surface area contributed by atoms with Crippen molar-refractivity contribution < 1.29 is 0 Å². The third-order valence-corrected chi connectivity index (χ3v) is 2.43. The zero-order valence-electron chi connectivity index (χ0n) is 10.1. The lowest BCUT2D eigenvalue weighted by Crippen LogP contribution is -2.13. The van der Waals surface area contributed by atoms with Crippen molar-refractivity contribution in [1.82, 2.24) is 24.7 Å². The second-order valence-corrected chi connectivity index (χ2v) is 3.80. The van der Waals surface area contributed by atoms with E-state index in [1.165, 1.54) is 0 Å². The van der Waals surface area contributed by atoms with Crippen LogP contribution in [0.2, 0.25) is 0 Å². The average Bonchev–Trinajstić information content (AvgIpc) is 2.79. The topological polar surface area (TPSA) is 68.5 Å². The summed E-state index contributed by atoms with van der Waals surface area (Å²) in [4.78, 5) is 8.35. The molecule has 1 N–H and O–H groups in total. The van der Waals surface area contributed by atoms with Crippen LogP contribution in [0.25, 0.3) is 0 Å². The van der Waals surface area contributed by atoms with Gasteiger partial charge in [-0.2, -0.15) is 0 Å². The maximum Gasteiger partial charge on any atom is 0.222 e. The highest BCUT2D eigenvalue weighted by Gasteiger charge is 2.01. The molecule has 0 aromatic carbocycles. The van der Waals surface area contributed by atoms with Gasteiger partial charge in [-0.3, -0.25) is 0 Å². The minimum absolute atomic E-state index is 0.654. The van der Waals surface area contributed by atoms with Gasteiger partial charge in [-0.05, 0) is 12.5 Å². The van der Waals surface area contributed by atoms with Crippen LogP contribution < -0.4 is 5.32 Å². The van der Waals surface area contributed by atoms with Gasteiger partial charge in [0, 0.05) is 31.9 Å². The van der Waals surface area contributed by atoms with Crippen LogP contribution in [0.3, 0.4) is 0 Å². The van der Waals surface area contributed by atoms with E-state index in [1.54, 1.807) is 18.7 Å². The smallest absolute Gasteiger partial charge is 0.222 e. The van der Waals surface area contributed by atoms with Crippen LogP contribution in [0, 0.1) is 6.92 Å². The normalized spacial score (nSPS) is 10.5. The van der Waals surface area contributed by atoms with E-state index in [-0.39, 0.29) is 0 Å². The van der Waals surface area contributed by atoms with Crippen LogP contribution in [0.5, 0.6) is 0 Å². The summed E-state index contributed by atoms with van der Waals surface area (Å²) in [7, 11) is 0. The molecule has 0 aliphatic rings. The van der Waals surface area contributed by atoms with E-state index in [2.05, 4.69) is 32.4 Å². The van der Waals surface area contributed by atoms with E-state index < -0.39 is 0 Å². The van der Waals surface area contributed by atoms with Crippen LogP contribution in [-0.4, -0.2) is 31.3 Å². The van der Waals surface area contributed by atoms with Gasteiger partial charge in [0.05, 0.1) is 0 Å². The van der Waals surface area contributed by atoms with Crippen molar-refractivity contribution in [2.75, 3.05) is 11.9 Å². The summed E-state index contributed by atoms with van der Waals surface area (Å²) in [6.45, 7) is 5.60. The molecule has 2 aromatic rings. The largest absolute Gasteiger partial charge is 0.352 e. The molecule has 0 saturated heterocycles. The van der Waals surface area contributed by atoms with Gasteiger partial charge in [-0.25, -0.2) is 9.97 Å². The van der Waals surface area contributed by atoms with E-state index in [9.17, 15) is 0 Å². The molecule has 2 rings (SSSR count). The second kappa shape index (κ2) is 5.38. The monoisotopic (exact) mass is 232 g/mol. The maximum atomic E-state index is 4.18. The first-order valence-corrected chi connectivity index (χ1v) is 5.69. The summed E-state index contributed by atoms with van der Waals surface area (Å²) in [6, 6.07) is 0. The second-order valence-electron chi connectivity index (χ2n) is 3.80. The Balaban J connectivity index is 1.85. The molecule has 2 heterocycles. The third kappa shape index (κ3) is 2.99. The summed E-state index contributed by atoms with van der Waals surface area (Å²) >= 11 is 0. The van der Waals surface area contributed by atoms with Crippen LogP contribution in [0.1, 0.15) is 18.3 Å². The summed E-state index contributed by atoms with van der Waals surface area (Å²) < 4.78 is 2.03. The van der Waals surface area contributed by atoms with Crippen LogP contribution in [0.15, 0.2) is 18.7 Å². The Morgan fingerprint density at radius 3 is 2.76 bits per heavy atom. The zero-order chi connectivity index (χ0) is 12.1. The predicted octanol–water partition coefficient (Wildman–Crippen LogP) is 1.05. The van der Waals surface area contributed by atoms with E-state index in [0.29, 0.717) is 5.95 Å². The Morgan fingerprint density at radius 2 is 2.06 bits per heavy atom. The van der Waals surface area contributed by atoms with Crippen molar-refractivity contribution in [2.24, 2.45) is 0 Å². The molecule has 0 saturated carbocycles. The van der Waals surface area contributed by atoms with Gasteiger partial charge in [0.2, 0.25) is 5.95 Å². The predicted molar refractivity (Wildman–Crippen MR) is 64.7 cm³/mol. The van der Waals surface area contributed by atoms with Crippen molar-refractivity contribution in [1.29, 1.82) is 0 Å². The van der Waals surface area contributed by atoms with E-state index in [1.807, 2.05) is 11.5 Å². The molecule has 0 radical (unpaired) electrons. The minimum atomic E-state index is 0.654. The van der Waals surface area contributed by atoms with Crippen molar-refractivity contribution >= 4 is 5.95 Å². The van der Waals surface area contributed by atoms with Gasteiger partial charge >= 0.3 is 0 Å². The van der Waals surface area contributed by atoms with Gasteiger partial charge in [-0.15, -0.1) is 10.2 Å².